The molecule has 0 heterocycles. The van der Waals surface area contributed by atoms with Crippen molar-refractivity contribution in [3.8, 4) is 5.75 Å². The molecule has 1 rings (SSSR count). The molecule has 0 aliphatic heterocycles. The van der Waals surface area contributed by atoms with Crippen LogP contribution >= 0.6 is 0 Å². The molecule has 0 radical (unpaired) electrons. The van der Waals surface area contributed by atoms with Crippen molar-refractivity contribution in [2.75, 3.05) is 6.61 Å². The lowest BCUT2D eigenvalue weighted by Gasteiger charge is -2.07. The molecule has 112 valence electrons. The number of aryl methyl sites for hydroxylation is 1. The first-order valence-electron chi connectivity index (χ1n) is 7.66. The van der Waals surface area contributed by atoms with Gasteiger partial charge in [-0.25, -0.2) is 0 Å². The van der Waals surface area contributed by atoms with E-state index in [4.69, 9.17) is 9.84 Å². The van der Waals surface area contributed by atoms with E-state index >= 15 is 0 Å². The predicted octanol–water partition coefficient (Wildman–Crippen LogP) is 4.44. The summed E-state index contributed by atoms with van der Waals surface area (Å²) in [5, 5.41) is 8.63. The summed E-state index contributed by atoms with van der Waals surface area (Å²) in [4.78, 5) is 10.5. The normalized spacial score (nSPS) is 10.4. The van der Waals surface area contributed by atoms with E-state index < -0.39 is 5.97 Å². The fourth-order valence-electron chi connectivity index (χ4n) is 2.08. The van der Waals surface area contributed by atoms with Gasteiger partial charge >= 0.3 is 5.97 Å². The molecule has 0 aliphatic rings. The molecule has 0 bridgehead atoms. The second-order valence-corrected chi connectivity index (χ2v) is 5.15. The fourth-order valence-corrected chi connectivity index (χ4v) is 2.08. The first kappa shape index (κ1) is 16.5. The molecule has 0 atom stereocenters. The van der Waals surface area contributed by atoms with Crippen LogP contribution in [-0.2, 0) is 11.2 Å². The first-order chi connectivity index (χ1) is 9.72. The monoisotopic (exact) mass is 278 g/mol. The Morgan fingerprint density at radius 1 is 1.05 bits per heavy atom. The second kappa shape index (κ2) is 10.3. The zero-order chi connectivity index (χ0) is 14.6. The molecule has 0 saturated carbocycles. The average molecular weight is 278 g/mol. The van der Waals surface area contributed by atoms with Gasteiger partial charge < -0.3 is 9.84 Å². The van der Waals surface area contributed by atoms with Crippen LogP contribution in [0.3, 0.4) is 0 Å². The van der Waals surface area contributed by atoms with Crippen LogP contribution in [0.4, 0.5) is 0 Å². The molecular weight excluding hydrogens is 252 g/mol. The number of unbranched alkanes of at least 4 members (excludes halogenated alkanes) is 5. The van der Waals surface area contributed by atoms with Gasteiger partial charge in [0.1, 0.15) is 5.75 Å². The van der Waals surface area contributed by atoms with E-state index in [2.05, 4.69) is 6.92 Å². The van der Waals surface area contributed by atoms with E-state index in [1.54, 1.807) is 0 Å². The van der Waals surface area contributed by atoms with Gasteiger partial charge in [-0.2, -0.15) is 0 Å². The van der Waals surface area contributed by atoms with Crippen LogP contribution in [0.2, 0.25) is 0 Å². The van der Waals surface area contributed by atoms with Crippen molar-refractivity contribution in [2.24, 2.45) is 0 Å². The number of rotatable bonds is 11. The van der Waals surface area contributed by atoms with Gasteiger partial charge in [0.2, 0.25) is 0 Å². The first-order valence-corrected chi connectivity index (χ1v) is 7.66. The van der Waals surface area contributed by atoms with Crippen LogP contribution in [0.15, 0.2) is 24.3 Å². The third kappa shape index (κ3) is 7.82. The summed E-state index contributed by atoms with van der Waals surface area (Å²) in [6.07, 6.45) is 8.33. The molecule has 0 unspecified atom stereocenters. The van der Waals surface area contributed by atoms with Crippen LogP contribution < -0.4 is 4.74 Å². The Labute approximate surface area is 122 Å². The van der Waals surface area contributed by atoms with Crippen molar-refractivity contribution in [3.63, 3.8) is 0 Å². The van der Waals surface area contributed by atoms with Gasteiger partial charge in [-0.1, -0.05) is 51.2 Å². The topological polar surface area (TPSA) is 46.5 Å². The molecule has 0 amide bonds. The van der Waals surface area contributed by atoms with E-state index in [9.17, 15) is 4.79 Å². The van der Waals surface area contributed by atoms with Crippen molar-refractivity contribution in [2.45, 2.75) is 58.3 Å². The average Bonchev–Trinajstić information content (AvgIpc) is 2.45. The largest absolute Gasteiger partial charge is 0.494 e. The molecule has 1 aromatic carbocycles. The smallest absolute Gasteiger partial charge is 0.303 e. The lowest BCUT2D eigenvalue weighted by molar-refractivity contribution is -0.136. The third-order valence-corrected chi connectivity index (χ3v) is 3.32. The summed E-state index contributed by atoms with van der Waals surface area (Å²) < 4.78 is 5.68. The minimum atomic E-state index is -0.756. The maximum atomic E-state index is 10.5. The lowest BCUT2D eigenvalue weighted by Crippen LogP contribution is -1.99. The fraction of sp³-hybridized carbons (Fsp3) is 0.588. The number of carboxylic acids is 1. The predicted molar refractivity (Wildman–Crippen MR) is 81.3 cm³/mol. The minimum Gasteiger partial charge on any atom is -0.494 e. The van der Waals surface area contributed by atoms with Gasteiger partial charge in [-0.3, -0.25) is 4.79 Å². The Balaban J connectivity index is 2.13. The zero-order valence-corrected chi connectivity index (χ0v) is 12.4. The Kier molecular flexibility index (Phi) is 8.52. The highest BCUT2D eigenvalue weighted by Gasteiger charge is 2.00. The molecule has 0 spiro atoms. The number of hydrogen-bond acceptors (Lipinski definition) is 2. The van der Waals surface area contributed by atoms with Crippen molar-refractivity contribution >= 4 is 5.97 Å². The Bertz CT molecular complexity index is 370. The lowest BCUT2D eigenvalue weighted by atomic mass is 10.1. The standard InChI is InChI=1S/C17H26O3/c1-2-3-4-5-6-7-14-20-16-11-8-15(9-12-16)10-13-17(18)19/h8-9,11-12H,2-7,10,13-14H2,1H3,(H,18,19). The molecule has 0 fully saturated rings. The molecule has 1 N–H and O–H groups in total. The molecule has 0 aliphatic carbocycles. The van der Waals surface area contributed by atoms with E-state index in [1.807, 2.05) is 24.3 Å². The Morgan fingerprint density at radius 2 is 1.70 bits per heavy atom. The van der Waals surface area contributed by atoms with Gasteiger partial charge in [0.25, 0.3) is 0 Å². The quantitative estimate of drug-likeness (QED) is 0.608. The van der Waals surface area contributed by atoms with Crippen molar-refractivity contribution < 1.29 is 14.6 Å². The number of benzene rings is 1. The SMILES string of the molecule is CCCCCCCCOc1ccc(CCC(=O)O)cc1. The molecule has 1 aromatic rings. The molecule has 3 nitrogen and oxygen atoms in total. The van der Waals surface area contributed by atoms with Gasteiger partial charge in [-0.05, 0) is 30.5 Å². The number of hydrogen-bond donors (Lipinski definition) is 1. The summed E-state index contributed by atoms with van der Waals surface area (Å²) in [7, 11) is 0. The number of aliphatic carboxylic acids is 1. The number of ether oxygens (including phenoxy) is 1. The maximum absolute atomic E-state index is 10.5. The highest BCUT2D eigenvalue weighted by Crippen LogP contribution is 2.14. The molecule has 3 heteroatoms. The van der Waals surface area contributed by atoms with Crippen molar-refractivity contribution in [1.29, 1.82) is 0 Å². The van der Waals surface area contributed by atoms with Gasteiger partial charge in [0.15, 0.2) is 0 Å². The second-order valence-electron chi connectivity index (χ2n) is 5.15. The summed E-state index contributed by atoms with van der Waals surface area (Å²) in [6, 6.07) is 7.74. The summed E-state index contributed by atoms with van der Waals surface area (Å²) >= 11 is 0. The molecular formula is C17H26O3. The zero-order valence-electron chi connectivity index (χ0n) is 12.4. The van der Waals surface area contributed by atoms with Gasteiger partial charge in [0.05, 0.1) is 6.61 Å². The van der Waals surface area contributed by atoms with E-state index in [0.29, 0.717) is 6.42 Å². The molecule has 20 heavy (non-hydrogen) atoms. The summed E-state index contributed by atoms with van der Waals surface area (Å²) in [6.45, 7) is 2.99. The van der Waals surface area contributed by atoms with Gasteiger partial charge in [-0.15, -0.1) is 0 Å². The Morgan fingerprint density at radius 3 is 2.35 bits per heavy atom. The van der Waals surface area contributed by atoms with Crippen LogP contribution in [0.1, 0.15) is 57.4 Å². The van der Waals surface area contributed by atoms with Crippen LogP contribution in [0, 0.1) is 0 Å². The van der Waals surface area contributed by atoms with Crippen molar-refractivity contribution in [3.05, 3.63) is 29.8 Å². The van der Waals surface area contributed by atoms with E-state index in [0.717, 1.165) is 24.3 Å². The Hall–Kier alpha value is -1.51. The summed E-state index contributed by atoms with van der Waals surface area (Å²) in [5.41, 5.74) is 1.04. The number of carboxylic acid groups (broad SMARTS) is 1. The molecule has 0 aromatic heterocycles. The van der Waals surface area contributed by atoms with E-state index in [-0.39, 0.29) is 6.42 Å². The van der Waals surface area contributed by atoms with Crippen LogP contribution in [0.25, 0.3) is 0 Å². The third-order valence-electron chi connectivity index (χ3n) is 3.32. The maximum Gasteiger partial charge on any atom is 0.303 e. The van der Waals surface area contributed by atoms with Crippen LogP contribution in [0.5, 0.6) is 5.75 Å². The highest BCUT2D eigenvalue weighted by atomic mass is 16.5. The van der Waals surface area contributed by atoms with Gasteiger partial charge in [0, 0.05) is 6.42 Å². The summed E-state index contributed by atoms with van der Waals surface area (Å²) in [5.74, 6) is 0.117. The molecule has 0 saturated heterocycles. The number of carbonyl (C=O) groups is 1. The highest BCUT2D eigenvalue weighted by molar-refractivity contribution is 5.67. The van der Waals surface area contributed by atoms with Crippen molar-refractivity contribution in [1.82, 2.24) is 0 Å². The van der Waals surface area contributed by atoms with E-state index in [1.165, 1.54) is 32.1 Å². The minimum absolute atomic E-state index is 0.179. The van der Waals surface area contributed by atoms with Crippen LogP contribution in [-0.4, -0.2) is 17.7 Å².